The van der Waals surface area contributed by atoms with Crippen molar-refractivity contribution in [3.05, 3.63) is 102 Å². The van der Waals surface area contributed by atoms with E-state index in [-0.39, 0.29) is 25.5 Å². The normalized spacial score (nSPS) is 10.7. The van der Waals surface area contributed by atoms with Crippen LogP contribution in [0.1, 0.15) is 33.2 Å². The van der Waals surface area contributed by atoms with E-state index in [1.165, 1.54) is 0 Å². The van der Waals surface area contributed by atoms with Crippen molar-refractivity contribution in [1.82, 2.24) is 4.57 Å². The number of nitrogens with zero attached hydrogens (tertiary/aromatic N) is 1. The lowest BCUT2D eigenvalue weighted by molar-refractivity contribution is 0.0522. The maximum atomic E-state index is 13.0. The highest BCUT2D eigenvalue weighted by atomic mass is 16.5. The number of esters is 1. The molecule has 0 atom stereocenters. The molecule has 3 aromatic carbocycles. The van der Waals surface area contributed by atoms with Gasteiger partial charge in [-0.15, -0.1) is 0 Å². The Labute approximate surface area is 180 Å². The summed E-state index contributed by atoms with van der Waals surface area (Å²) in [5.74, 6) is -0.193. The van der Waals surface area contributed by atoms with Crippen molar-refractivity contribution in [2.75, 3.05) is 6.61 Å². The molecule has 0 amide bonds. The monoisotopic (exact) mass is 413 g/mol. The minimum atomic E-state index is -0.465. The number of fused-ring (bicyclic) bond motifs is 1. The first-order valence-corrected chi connectivity index (χ1v) is 10.2. The van der Waals surface area contributed by atoms with Crippen LogP contribution in [-0.4, -0.2) is 22.9 Å². The van der Waals surface area contributed by atoms with Crippen molar-refractivity contribution < 1.29 is 19.1 Å². The third kappa shape index (κ3) is 4.36. The first-order chi connectivity index (χ1) is 15.2. The first-order valence-electron chi connectivity index (χ1n) is 10.2. The Kier molecular flexibility index (Phi) is 6.13. The molecule has 0 unspecified atom stereocenters. The van der Waals surface area contributed by atoms with E-state index in [0.717, 1.165) is 11.1 Å². The van der Waals surface area contributed by atoms with E-state index in [2.05, 4.69) is 0 Å². The van der Waals surface area contributed by atoms with Crippen LogP contribution < -0.4 is 4.74 Å². The zero-order chi connectivity index (χ0) is 21.6. The molecule has 1 aromatic heterocycles. The van der Waals surface area contributed by atoms with Gasteiger partial charge in [-0.25, -0.2) is 4.79 Å². The summed E-state index contributed by atoms with van der Waals surface area (Å²) in [4.78, 5) is 25.9. The van der Waals surface area contributed by atoms with Crippen molar-refractivity contribution in [1.29, 1.82) is 0 Å². The molecule has 0 spiro atoms. The maximum Gasteiger partial charge on any atom is 0.344 e. The number of ether oxygens (including phenoxy) is 2. The number of hydrogen-bond donors (Lipinski definition) is 0. The van der Waals surface area contributed by atoms with Gasteiger partial charge in [-0.2, -0.15) is 0 Å². The highest BCUT2D eigenvalue weighted by molar-refractivity contribution is 6.08. The molecule has 1 heterocycles. The molecule has 31 heavy (non-hydrogen) atoms. The highest BCUT2D eigenvalue weighted by Crippen LogP contribution is 2.34. The van der Waals surface area contributed by atoms with Crippen LogP contribution in [0.4, 0.5) is 0 Å². The quantitative estimate of drug-likeness (QED) is 0.291. The van der Waals surface area contributed by atoms with Crippen LogP contribution in [0.15, 0.2) is 84.9 Å². The molecular weight excluding hydrogens is 390 g/mol. The smallest absolute Gasteiger partial charge is 0.344 e. The van der Waals surface area contributed by atoms with Crippen LogP contribution >= 0.6 is 0 Å². The lowest BCUT2D eigenvalue weighted by atomic mass is 10.1. The van der Waals surface area contributed by atoms with Crippen LogP contribution in [0.25, 0.3) is 10.9 Å². The Hall–Kier alpha value is -3.86. The van der Waals surface area contributed by atoms with Gasteiger partial charge in [-0.1, -0.05) is 78.9 Å². The summed E-state index contributed by atoms with van der Waals surface area (Å²) in [6.45, 7) is 2.33. The topological polar surface area (TPSA) is 57.5 Å². The second-order valence-electron chi connectivity index (χ2n) is 7.07. The molecule has 4 aromatic rings. The number of para-hydroxylation sites is 1. The third-order valence-corrected chi connectivity index (χ3v) is 5.02. The predicted octanol–water partition coefficient (Wildman–Crippen LogP) is 5.28. The number of carbonyl (C=O) groups is 2. The van der Waals surface area contributed by atoms with Crippen LogP contribution in [0.5, 0.6) is 5.88 Å². The number of benzene rings is 3. The van der Waals surface area contributed by atoms with Gasteiger partial charge in [0.2, 0.25) is 5.88 Å². The SMILES string of the molecule is CCOC(=O)c1c(OCc2ccccc2)n(CC(=O)c2ccccc2)c2ccccc12. The number of carbonyl (C=O) groups excluding carboxylic acids is 2. The average molecular weight is 413 g/mol. The molecule has 156 valence electrons. The molecule has 0 aliphatic rings. The Morgan fingerprint density at radius 3 is 2.19 bits per heavy atom. The lowest BCUT2D eigenvalue weighted by Crippen LogP contribution is -2.14. The number of hydrogen-bond acceptors (Lipinski definition) is 4. The predicted molar refractivity (Wildman–Crippen MR) is 119 cm³/mol. The van der Waals surface area contributed by atoms with Crippen LogP contribution in [-0.2, 0) is 17.9 Å². The fraction of sp³-hybridized carbons (Fsp3) is 0.154. The second-order valence-corrected chi connectivity index (χ2v) is 7.07. The van der Waals surface area contributed by atoms with E-state index in [4.69, 9.17) is 9.47 Å². The molecule has 0 saturated carbocycles. The average Bonchev–Trinajstić information content (AvgIpc) is 3.12. The van der Waals surface area contributed by atoms with Crippen molar-refractivity contribution in [3.63, 3.8) is 0 Å². The summed E-state index contributed by atoms with van der Waals surface area (Å²) in [5, 5.41) is 0.699. The van der Waals surface area contributed by atoms with Gasteiger partial charge in [0, 0.05) is 10.9 Å². The van der Waals surface area contributed by atoms with Gasteiger partial charge in [-0.3, -0.25) is 4.79 Å². The van der Waals surface area contributed by atoms with E-state index in [9.17, 15) is 9.59 Å². The van der Waals surface area contributed by atoms with Crippen molar-refractivity contribution in [2.24, 2.45) is 0 Å². The standard InChI is InChI=1S/C26H23NO4/c1-2-30-26(29)24-21-15-9-10-16-22(21)27(17-23(28)20-13-7-4-8-14-20)25(24)31-18-19-11-5-3-6-12-19/h3-16H,2,17-18H2,1H3. The molecule has 0 fully saturated rings. The molecule has 0 saturated heterocycles. The van der Waals surface area contributed by atoms with Gasteiger partial charge < -0.3 is 14.0 Å². The van der Waals surface area contributed by atoms with E-state index in [1.807, 2.05) is 72.8 Å². The summed E-state index contributed by atoms with van der Waals surface area (Å²) in [6, 6.07) is 26.3. The number of aromatic nitrogens is 1. The third-order valence-electron chi connectivity index (χ3n) is 5.02. The molecule has 0 radical (unpaired) electrons. The van der Waals surface area contributed by atoms with Crippen LogP contribution in [0, 0.1) is 0 Å². The zero-order valence-corrected chi connectivity index (χ0v) is 17.3. The Balaban J connectivity index is 1.80. The van der Waals surface area contributed by atoms with Gasteiger partial charge in [-0.05, 0) is 18.6 Å². The van der Waals surface area contributed by atoms with E-state index >= 15 is 0 Å². The van der Waals surface area contributed by atoms with E-state index < -0.39 is 5.97 Å². The van der Waals surface area contributed by atoms with Crippen molar-refractivity contribution in [2.45, 2.75) is 20.1 Å². The highest BCUT2D eigenvalue weighted by Gasteiger charge is 2.26. The van der Waals surface area contributed by atoms with Gasteiger partial charge in [0.15, 0.2) is 5.78 Å². The molecule has 0 aliphatic heterocycles. The van der Waals surface area contributed by atoms with Gasteiger partial charge in [0.25, 0.3) is 0 Å². The van der Waals surface area contributed by atoms with Crippen molar-refractivity contribution >= 4 is 22.7 Å². The fourth-order valence-corrected chi connectivity index (χ4v) is 3.57. The largest absolute Gasteiger partial charge is 0.473 e. The summed E-state index contributed by atoms with van der Waals surface area (Å²) in [7, 11) is 0. The van der Waals surface area contributed by atoms with Crippen LogP contribution in [0.3, 0.4) is 0 Å². The molecule has 0 N–H and O–H groups in total. The summed E-state index contributed by atoms with van der Waals surface area (Å²) in [5.41, 5.74) is 2.66. The number of rotatable bonds is 8. The summed E-state index contributed by atoms with van der Waals surface area (Å²) >= 11 is 0. The van der Waals surface area contributed by atoms with Crippen LogP contribution in [0.2, 0.25) is 0 Å². The molecule has 5 nitrogen and oxygen atoms in total. The van der Waals surface area contributed by atoms with Gasteiger partial charge in [0.05, 0.1) is 18.7 Å². The van der Waals surface area contributed by atoms with Gasteiger partial charge in [0.1, 0.15) is 12.2 Å². The minimum absolute atomic E-state index is 0.0497. The maximum absolute atomic E-state index is 13.0. The Morgan fingerprint density at radius 2 is 1.48 bits per heavy atom. The first kappa shape index (κ1) is 20.4. The van der Waals surface area contributed by atoms with Gasteiger partial charge >= 0.3 is 5.97 Å². The lowest BCUT2D eigenvalue weighted by Gasteiger charge is -2.13. The van der Waals surface area contributed by atoms with E-state index in [0.29, 0.717) is 22.4 Å². The number of Topliss-reactive ketones (excluding diaryl/α,β-unsaturated/α-hetero) is 1. The molecule has 5 heteroatoms. The van der Waals surface area contributed by atoms with E-state index in [1.54, 1.807) is 23.6 Å². The zero-order valence-electron chi connectivity index (χ0n) is 17.3. The van der Waals surface area contributed by atoms with Crippen molar-refractivity contribution in [3.8, 4) is 5.88 Å². The molecule has 4 rings (SSSR count). The second kappa shape index (κ2) is 9.30. The summed E-state index contributed by atoms with van der Waals surface area (Å²) in [6.07, 6.45) is 0. The Bertz CT molecular complexity index is 1200. The molecular formula is C26H23NO4. The molecule has 0 aliphatic carbocycles. The fourth-order valence-electron chi connectivity index (χ4n) is 3.57. The minimum Gasteiger partial charge on any atom is -0.473 e. The summed E-state index contributed by atoms with van der Waals surface area (Å²) < 4.78 is 13.2. The number of ketones is 1. The molecule has 0 bridgehead atoms. The Morgan fingerprint density at radius 1 is 0.839 bits per heavy atom.